The van der Waals surface area contributed by atoms with Gasteiger partial charge in [0.2, 0.25) is 0 Å². The Morgan fingerprint density at radius 3 is 2.28 bits per heavy atom. The van der Waals surface area contributed by atoms with Crippen molar-refractivity contribution in [2.75, 3.05) is 20.7 Å². The molecule has 0 aromatic heterocycles. The fraction of sp³-hybridized carbons (Fsp3) is 0.674. The number of benzene rings is 2. The Balaban J connectivity index is 1.80. The summed E-state index contributed by atoms with van der Waals surface area (Å²) < 4.78 is 39.1. The van der Waals surface area contributed by atoms with Crippen LogP contribution in [0.25, 0.3) is 0 Å². The standard InChI is InChI=1S/C46H69FN2O11/c1-11-36-46(8,55)41(52)29(4)38(48-56-22-16-20-32-17-13-12-14-18-32)27(2)26-45(7,54)42(60-44-39(51)35(49(9)10)23-28(3)57-44)30(5)40(31(6)43(53)58-36)59-37(50)25-33-19-15-21-34(47)24-33/h12-15,17-19,21,24,27-31,35-36,39-42,44,51-52,54-55H,11,16,20,22-23,25-26H2,1-10H3/b48-38+/t27-,28+,29+,30-,31+,35-,36-,39+,40-,41+,42+,44-,45-,46+/m0/s1. The van der Waals surface area contributed by atoms with Crippen LogP contribution in [-0.2, 0) is 46.2 Å². The summed E-state index contributed by atoms with van der Waals surface area (Å²) in [5.41, 5.74) is -1.97. The highest BCUT2D eigenvalue weighted by Gasteiger charge is 2.52. The largest absolute Gasteiger partial charge is 0.461 e. The molecule has 2 aliphatic rings. The van der Waals surface area contributed by atoms with Crippen molar-refractivity contribution in [3.8, 4) is 0 Å². The van der Waals surface area contributed by atoms with E-state index < -0.39 is 89.4 Å². The number of hydrogen-bond acceptors (Lipinski definition) is 13. The van der Waals surface area contributed by atoms with E-state index in [1.54, 1.807) is 33.8 Å². The lowest BCUT2D eigenvalue weighted by Gasteiger charge is -2.47. The van der Waals surface area contributed by atoms with Crippen LogP contribution in [0.2, 0.25) is 0 Å². The zero-order valence-electron chi connectivity index (χ0n) is 37.0. The highest BCUT2D eigenvalue weighted by molar-refractivity contribution is 5.88. The summed E-state index contributed by atoms with van der Waals surface area (Å²) in [6.07, 6.45) is -6.38. The van der Waals surface area contributed by atoms with Crippen molar-refractivity contribution in [3.63, 3.8) is 0 Å². The van der Waals surface area contributed by atoms with E-state index in [0.717, 1.165) is 12.0 Å². The van der Waals surface area contributed by atoms with Crippen LogP contribution < -0.4 is 0 Å². The number of aryl methyl sites for hydroxylation is 1. The predicted octanol–water partition coefficient (Wildman–Crippen LogP) is 5.23. The minimum Gasteiger partial charge on any atom is -0.461 e. The van der Waals surface area contributed by atoms with E-state index in [4.69, 9.17) is 23.8 Å². The number of nitrogens with zero attached hydrogens (tertiary/aromatic N) is 2. The Morgan fingerprint density at radius 1 is 0.983 bits per heavy atom. The van der Waals surface area contributed by atoms with Gasteiger partial charge in [0.05, 0.1) is 42.0 Å². The van der Waals surface area contributed by atoms with Gasteiger partial charge in [0.1, 0.15) is 36.3 Å². The van der Waals surface area contributed by atoms with Gasteiger partial charge in [-0.25, -0.2) is 4.39 Å². The SMILES string of the molecule is CC[C@@H]1OC(=O)[C@H](C)[C@@H](OC(=O)Cc2cccc(F)c2)[C@H](C)[C@@H](O[C@@H]2O[C@H](C)C[C@H](N(C)C)[C@H]2O)[C@@](C)(O)C[C@H](C)/C(=N\OCCCc2ccccc2)[C@@H](C)[C@@H](O)[C@]1(C)O. The number of hydrogen-bond donors (Lipinski definition) is 4. The number of cyclic esters (lactones) is 1. The molecule has 4 N–H and O–H groups in total. The second-order valence-corrected chi connectivity index (χ2v) is 17.7. The number of rotatable bonds is 12. The van der Waals surface area contributed by atoms with Gasteiger partial charge in [0.15, 0.2) is 6.29 Å². The van der Waals surface area contributed by atoms with Gasteiger partial charge in [-0.1, -0.05) is 75.3 Å². The number of esters is 2. The van der Waals surface area contributed by atoms with Gasteiger partial charge in [0.25, 0.3) is 0 Å². The molecule has 0 saturated carbocycles. The minimum atomic E-state index is -1.99. The molecule has 2 aromatic carbocycles. The smallest absolute Gasteiger partial charge is 0.312 e. The first-order valence-corrected chi connectivity index (χ1v) is 21.3. The van der Waals surface area contributed by atoms with Crippen molar-refractivity contribution in [3.05, 3.63) is 71.5 Å². The van der Waals surface area contributed by atoms with Crippen molar-refractivity contribution in [2.24, 2.45) is 28.8 Å². The third-order valence-corrected chi connectivity index (χ3v) is 12.3. The summed E-state index contributed by atoms with van der Waals surface area (Å²) in [6.45, 7) is 13.5. The second-order valence-electron chi connectivity index (χ2n) is 17.7. The molecule has 4 rings (SSSR count). The zero-order valence-corrected chi connectivity index (χ0v) is 37.0. The van der Waals surface area contributed by atoms with Crippen LogP contribution in [0.5, 0.6) is 0 Å². The maximum absolute atomic E-state index is 14.2. The first-order valence-electron chi connectivity index (χ1n) is 21.3. The van der Waals surface area contributed by atoms with Gasteiger partial charge in [-0.15, -0.1) is 0 Å². The Labute approximate surface area is 355 Å². The molecule has 13 nitrogen and oxygen atoms in total. The molecule has 14 atom stereocenters. The lowest BCUT2D eigenvalue weighted by atomic mass is 9.73. The number of carbonyl (C=O) groups excluding carboxylic acids is 2. The van der Waals surface area contributed by atoms with Crippen LogP contribution in [0.15, 0.2) is 59.8 Å². The number of aliphatic hydroxyl groups is 4. The molecule has 2 saturated heterocycles. The molecule has 14 heteroatoms. The van der Waals surface area contributed by atoms with Crippen LogP contribution in [0.1, 0.15) is 92.2 Å². The topological polar surface area (TPSA) is 177 Å². The number of oxime groups is 1. The molecule has 0 spiro atoms. The minimum absolute atomic E-state index is 0.0527. The van der Waals surface area contributed by atoms with Crippen LogP contribution in [0.4, 0.5) is 4.39 Å². The molecule has 0 radical (unpaired) electrons. The van der Waals surface area contributed by atoms with Crippen molar-refractivity contribution < 1.29 is 58.2 Å². The van der Waals surface area contributed by atoms with E-state index in [1.165, 1.54) is 32.0 Å². The Bertz CT molecular complexity index is 1710. The first kappa shape index (κ1) is 49.2. The summed E-state index contributed by atoms with van der Waals surface area (Å²) in [4.78, 5) is 35.6. The predicted molar refractivity (Wildman–Crippen MR) is 224 cm³/mol. The van der Waals surface area contributed by atoms with E-state index in [-0.39, 0.29) is 38.0 Å². The summed E-state index contributed by atoms with van der Waals surface area (Å²) in [5.74, 6) is -5.80. The quantitative estimate of drug-likeness (QED) is 0.125. The summed E-state index contributed by atoms with van der Waals surface area (Å²) in [7, 11) is 3.68. The average molecular weight is 845 g/mol. The Hall–Kier alpha value is -3.50. The third-order valence-electron chi connectivity index (χ3n) is 12.3. The van der Waals surface area contributed by atoms with Crippen molar-refractivity contribution in [1.82, 2.24) is 4.90 Å². The lowest BCUT2D eigenvalue weighted by molar-refractivity contribution is -0.299. The van der Waals surface area contributed by atoms with E-state index in [1.807, 2.05) is 63.2 Å². The van der Waals surface area contributed by atoms with Crippen molar-refractivity contribution in [2.45, 2.75) is 154 Å². The molecule has 0 amide bonds. The molecule has 2 heterocycles. The molecular weight excluding hydrogens is 776 g/mol. The first-order chi connectivity index (χ1) is 28.2. The fourth-order valence-electron chi connectivity index (χ4n) is 8.90. The third kappa shape index (κ3) is 12.5. The van der Waals surface area contributed by atoms with Crippen molar-refractivity contribution in [1.29, 1.82) is 0 Å². The van der Waals surface area contributed by atoms with Gasteiger partial charge >= 0.3 is 11.9 Å². The van der Waals surface area contributed by atoms with Crippen LogP contribution >= 0.6 is 0 Å². The number of ether oxygens (including phenoxy) is 4. The molecule has 0 aliphatic carbocycles. The molecular formula is C46H69FN2O11. The van der Waals surface area contributed by atoms with Crippen LogP contribution in [-0.4, -0.2) is 124 Å². The monoisotopic (exact) mass is 844 g/mol. The van der Waals surface area contributed by atoms with E-state index in [9.17, 15) is 34.4 Å². The molecule has 336 valence electrons. The molecule has 0 bridgehead atoms. The van der Waals surface area contributed by atoms with Gasteiger partial charge in [-0.3, -0.25) is 9.59 Å². The van der Waals surface area contributed by atoms with Gasteiger partial charge in [-0.05, 0) is 97.2 Å². The zero-order chi connectivity index (χ0) is 44.5. The van der Waals surface area contributed by atoms with E-state index in [0.29, 0.717) is 24.1 Å². The Kier molecular flexibility index (Phi) is 17.6. The highest BCUT2D eigenvalue weighted by atomic mass is 19.1. The molecule has 0 unspecified atom stereocenters. The number of carbonyl (C=O) groups is 2. The van der Waals surface area contributed by atoms with Gasteiger partial charge in [0, 0.05) is 23.8 Å². The normalized spacial score (nSPS) is 36.7. The van der Waals surface area contributed by atoms with Gasteiger partial charge < -0.3 is 49.1 Å². The molecule has 2 fully saturated rings. The molecule has 2 aliphatic heterocycles. The number of halogens is 1. The second kappa shape index (κ2) is 21.5. The molecule has 60 heavy (non-hydrogen) atoms. The van der Waals surface area contributed by atoms with Crippen molar-refractivity contribution >= 4 is 17.7 Å². The summed E-state index contributed by atoms with van der Waals surface area (Å²) in [6, 6.07) is 15.1. The van der Waals surface area contributed by atoms with Gasteiger partial charge in [-0.2, -0.15) is 0 Å². The summed E-state index contributed by atoms with van der Waals surface area (Å²) in [5, 5.41) is 52.7. The highest BCUT2D eigenvalue weighted by Crippen LogP contribution is 2.39. The maximum Gasteiger partial charge on any atom is 0.312 e. The molecule has 2 aromatic rings. The fourth-order valence-corrected chi connectivity index (χ4v) is 8.90. The van der Waals surface area contributed by atoms with Crippen LogP contribution in [0, 0.1) is 29.5 Å². The summed E-state index contributed by atoms with van der Waals surface area (Å²) >= 11 is 0. The van der Waals surface area contributed by atoms with Crippen LogP contribution in [0.3, 0.4) is 0 Å². The number of likely N-dealkylation sites (N-methyl/N-ethyl adjacent to an activating group) is 1. The maximum atomic E-state index is 14.2. The lowest BCUT2D eigenvalue weighted by Crippen LogP contribution is -2.60. The van der Waals surface area contributed by atoms with E-state index >= 15 is 0 Å². The Morgan fingerprint density at radius 2 is 1.65 bits per heavy atom. The number of aliphatic hydroxyl groups excluding tert-OH is 2. The van der Waals surface area contributed by atoms with E-state index in [2.05, 4.69) is 5.16 Å². The average Bonchev–Trinajstić information content (AvgIpc) is 3.18.